The Kier molecular flexibility index (Phi) is 6.64. The van der Waals surface area contributed by atoms with Crippen molar-refractivity contribution in [3.63, 3.8) is 0 Å². The third kappa shape index (κ3) is 4.43. The van der Waals surface area contributed by atoms with E-state index in [1.807, 2.05) is 6.92 Å². The molecule has 0 radical (unpaired) electrons. The number of aryl methyl sites for hydroxylation is 1. The Balaban J connectivity index is 1.93. The molecule has 0 aliphatic carbocycles. The van der Waals surface area contributed by atoms with Crippen LogP contribution in [0.15, 0.2) is 39.1 Å². The maximum atomic E-state index is 12.6. The van der Waals surface area contributed by atoms with E-state index in [0.717, 1.165) is 0 Å². The van der Waals surface area contributed by atoms with Gasteiger partial charge in [-0.2, -0.15) is 0 Å². The first kappa shape index (κ1) is 22.1. The van der Waals surface area contributed by atoms with Crippen LogP contribution in [-0.2, 0) is 17.6 Å². The number of nitrogens with one attached hydrogen (secondary N) is 2. The van der Waals surface area contributed by atoms with Crippen LogP contribution in [0.2, 0.25) is 10.0 Å². The first-order chi connectivity index (χ1) is 14.2. The van der Waals surface area contributed by atoms with Crippen LogP contribution in [0.1, 0.15) is 22.8 Å². The summed E-state index contributed by atoms with van der Waals surface area (Å²) < 4.78 is 19.8. The van der Waals surface area contributed by atoms with Gasteiger partial charge in [-0.15, -0.1) is 8.80 Å². The molecule has 1 amide bonds. The molecular weight excluding hydrogens is 449 g/mol. The van der Waals surface area contributed by atoms with Crippen LogP contribution in [0, 0.1) is 0 Å². The molecule has 0 fully saturated rings. The number of rotatable bonds is 4. The van der Waals surface area contributed by atoms with Gasteiger partial charge in [-0.1, -0.05) is 42.3 Å². The molecule has 11 heteroatoms. The summed E-state index contributed by atoms with van der Waals surface area (Å²) in [5.74, 6) is -0.291. The van der Waals surface area contributed by atoms with Gasteiger partial charge in [0.1, 0.15) is 0 Å². The molecule has 1 aliphatic heterocycles. The van der Waals surface area contributed by atoms with E-state index in [1.165, 1.54) is 4.90 Å². The van der Waals surface area contributed by atoms with Gasteiger partial charge in [0.05, 0.1) is 27.0 Å². The first-order valence-electron chi connectivity index (χ1n) is 8.87. The number of amides is 1. The van der Waals surface area contributed by atoms with Gasteiger partial charge in [0.2, 0.25) is 0 Å². The average Bonchev–Trinajstić information content (AvgIpc) is 3.05. The van der Waals surface area contributed by atoms with Gasteiger partial charge < -0.3 is 20.6 Å². The molecule has 158 valence electrons. The van der Waals surface area contributed by atoms with Crippen LogP contribution in [0.5, 0.6) is 5.75 Å². The Bertz CT molecular complexity index is 1100. The Morgan fingerprint density at radius 2 is 1.73 bits per heavy atom. The highest BCUT2D eigenvalue weighted by molar-refractivity contribution is 7.83. The molecule has 2 aromatic rings. The predicted molar refractivity (Wildman–Crippen MR) is 122 cm³/mol. The molecule has 0 bridgehead atoms. The van der Waals surface area contributed by atoms with E-state index in [1.54, 1.807) is 44.4 Å². The largest absolute Gasteiger partial charge is 0.505 e. The zero-order valence-corrected chi connectivity index (χ0v) is 18.7. The second kappa shape index (κ2) is 9.03. The summed E-state index contributed by atoms with van der Waals surface area (Å²) in [5, 5.41) is 17.2. The lowest BCUT2D eigenvalue weighted by atomic mass is 10.0. The molecule has 8 nitrogen and oxygen atoms in total. The number of amidine groups is 2. The zero-order chi connectivity index (χ0) is 22.0. The quantitative estimate of drug-likeness (QED) is 0.591. The number of hydrogen-bond donors (Lipinski definition) is 3. The molecule has 2 aromatic carbocycles. The fourth-order valence-corrected chi connectivity index (χ4v) is 3.74. The van der Waals surface area contributed by atoms with Gasteiger partial charge in [-0.05, 0) is 30.2 Å². The van der Waals surface area contributed by atoms with Gasteiger partial charge in [0.15, 0.2) is 17.4 Å². The van der Waals surface area contributed by atoms with Crippen LogP contribution < -0.4 is 10.6 Å². The second-order valence-electron chi connectivity index (χ2n) is 6.51. The van der Waals surface area contributed by atoms with Crippen LogP contribution in [0.3, 0.4) is 0 Å². The third-order valence-electron chi connectivity index (χ3n) is 4.29. The third-order valence-corrected chi connectivity index (χ3v) is 5.78. The van der Waals surface area contributed by atoms with E-state index >= 15 is 0 Å². The first-order valence-corrected chi connectivity index (χ1v) is 10.7. The number of phenolic OH excluding ortho intramolecular Hbond substituents is 1. The average molecular weight is 468 g/mol. The van der Waals surface area contributed by atoms with Gasteiger partial charge in [0.25, 0.3) is 17.1 Å². The number of nitrogens with zero attached hydrogens (tertiary/aromatic N) is 3. The van der Waals surface area contributed by atoms with Gasteiger partial charge >= 0.3 is 0 Å². The predicted octanol–water partition coefficient (Wildman–Crippen LogP) is 3.88. The van der Waals surface area contributed by atoms with Crippen molar-refractivity contribution in [2.24, 2.45) is 8.80 Å². The SMILES string of the molecule is CCc1ccc(NC2=NS(=O)N=C2Nc2cccc(Cl)c2Cl)c(O)c1C(=O)N(C)C. The number of benzene rings is 2. The van der Waals surface area contributed by atoms with E-state index in [-0.39, 0.29) is 39.6 Å². The number of hydrogen-bond acceptors (Lipinski definition) is 5. The van der Waals surface area contributed by atoms with Gasteiger partial charge in [0, 0.05) is 14.1 Å². The summed E-state index contributed by atoms with van der Waals surface area (Å²) in [5.41, 5.74) is 1.56. The summed E-state index contributed by atoms with van der Waals surface area (Å²) in [6, 6.07) is 8.36. The number of phenols is 1. The maximum Gasteiger partial charge on any atom is 0.269 e. The van der Waals surface area contributed by atoms with Gasteiger partial charge in [-0.25, -0.2) is 4.21 Å². The lowest BCUT2D eigenvalue weighted by molar-refractivity contribution is 0.0823. The van der Waals surface area contributed by atoms with E-state index < -0.39 is 11.2 Å². The Morgan fingerprint density at radius 3 is 2.33 bits per heavy atom. The van der Waals surface area contributed by atoms with E-state index in [0.29, 0.717) is 22.7 Å². The van der Waals surface area contributed by atoms with Crippen molar-refractivity contribution in [3.8, 4) is 5.75 Å². The normalized spacial score (nSPS) is 15.4. The molecule has 1 heterocycles. The van der Waals surface area contributed by atoms with E-state index in [4.69, 9.17) is 23.2 Å². The van der Waals surface area contributed by atoms with Crippen LogP contribution >= 0.6 is 23.2 Å². The minimum Gasteiger partial charge on any atom is -0.505 e. The zero-order valence-electron chi connectivity index (χ0n) is 16.4. The maximum absolute atomic E-state index is 12.6. The highest BCUT2D eigenvalue weighted by Gasteiger charge is 2.25. The van der Waals surface area contributed by atoms with Crippen molar-refractivity contribution >= 4 is 63.3 Å². The highest BCUT2D eigenvalue weighted by Crippen LogP contribution is 2.33. The molecule has 3 rings (SSSR count). The lowest BCUT2D eigenvalue weighted by Crippen LogP contribution is -2.28. The second-order valence-corrected chi connectivity index (χ2v) is 8.12. The standard InChI is InChI=1S/C19H19Cl2N5O3S/c1-4-10-8-9-13(16(27)14(10)19(28)26(2)3)23-18-17(24-30(29)25-18)22-12-7-5-6-11(20)15(12)21/h5-9,27H,4H2,1-3H3,(H,22,24)(H,23,25). The van der Waals surface area contributed by atoms with Crippen molar-refractivity contribution in [1.82, 2.24) is 4.90 Å². The molecule has 1 unspecified atom stereocenters. The lowest BCUT2D eigenvalue weighted by Gasteiger charge is -2.18. The fraction of sp³-hybridized carbons (Fsp3) is 0.211. The summed E-state index contributed by atoms with van der Waals surface area (Å²) in [6.07, 6.45) is 0.565. The molecule has 0 aromatic heterocycles. The molecule has 0 saturated heterocycles. The monoisotopic (exact) mass is 467 g/mol. The van der Waals surface area contributed by atoms with E-state index in [2.05, 4.69) is 19.4 Å². The molecule has 0 spiro atoms. The molecule has 1 aliphatic rings. The Hall–Kier alpha value is -2.62. The van der Waals surface area contributed by atoms with Crippen molar-refractivity contribution in [2.75, 3.05) is 24.7 Å². The minimum atomic E-state index is -1.86. The van der Waals surface area contributed by atoms with E-state index in [9.17, 15) is 14.1 Å². The number of carbonyl (C=O) groups is 1. The summed E-state index contributed by atoms with van der Waals surface area (Å²) in [6.45, 7) is 1.89. The van der Waals surface area contributed by atoms with Crippen LogP contribution in [-0.4, -0.2) is 45.9 Å². The van der Waals surface area contributed by atoms with Crippen molar-refractivity contribution in [1.29, 1.82) is 0 Å². The minimum absolute atomic E-state index is 0.118. The highest BCUT2D eigenvalue weighted by atomic mass is 35.5. The number of anilines is 2. The number of carbonyl (C=O) groups excluding carboxylic acids is 1. The summed E-state index contributed by atoms with van der Waals surface area (Å²) in [7, 11) is 3.21. The number of aromatic hydroxyl groups is 1. The molecular formula is C19H19Cl2N5O3S. The van der Waals surface area contributed by atoms with Crippen molar-refractivity contribution in [3.05, 3.63) is 51.5 Å². The summed E-state index contributed by atoms with van der Waals surface area (Å²) >= 11 is 10.4. The van der Waals surface area contributed by atoms with Gasteiger partial charge in [-0.3, -0.25) is 4.79 Å². The molecule has 1 atom stereocenters. The topological polar surface area (TPSA) is 106 Å². The van der Waals surface area contributed by atoms with Crippen molar-refractivity contribution in [2.45, 2.75) is 13.3 Å². The fourth-order valence-electron chi connectivity index (χ4n) is 2.77. The number of halogens is 2. The summed E-state index contributed by atoms with van der Waals surface area (Å²) in [4.78, 5) is 13.9. The Labute approximate surface area is 186 Å². The molecule has 0 saturated carbocycles. The Morgan fingerprint density at radius 1 is 1.10 bits per heavy atom. The van der Waals surface area contributed by atoms with Crippen LogP contribution in [0.4, 0.5) is 11.4 Å². The molecule has 3 N–H and O–H groups in total. The molecule has 30 heavy (non-hydrogen) atoms. The van der Waals surface area contributed by atoms with Crippen LogP contribution in [0.25, 0.3) is 0 Å². The van der Waals surface area contributed by atoms with Crippen molar-refractivity contribution < 1.29 is 14.1 Å². The smallest absolute Gasteiger partial charge is 0.269 e.